The summed E-state index contributed by atoms with van der Waals surface area (Å²) >= 11 is 1.20. The van der Waals surface area contributed by atoms with Crippen molar-refractivity contribution in [3.05, 3.63) is 35.7 Å². The molecule has 0 spiro atoms. The first-order valence-electron chi connectivity index (χ1n) is 9.22. The number of amides is 1. The molecule has 0 radical (unpaired) electrons. The molecule has 0 saturated carbocycles. The number of benzene rings is 1. The molecule has 1 amide bonds. The first-order chi connectivity index (χ1) is 14.1. The number of aromatic nitrogens is 4. The first-order valence-corrected chi connectivity index (χ1v) is 10.2. The monoisotopic (exact) mass is 415 g/mol. The lowest BCUT2D eigenvalue weighted by atomic mass is 10.2. The third kappa shape index (κ3) is 4.70. The molecule has 3 aromatic rings. The van der Waals surface area contributed by atoms with Gasteiger partial charge in [-0.1, -0.05) is 11.8 Å². The highest BCUT2D eigenvalue weighted by molar-refractivity contribution is 7.99. The van der Waals surface area contributed by atoms with Crippen molar-refractivity contribution < 1.29 is 18.7 Å². The molecular weight excluding hydrogens is 394 g/mol. The van der Waals surface area contributed by atoms with E-state index in [-0.39, 0.29) is 18.5 Å². The van der Waals surface area contributed by atoms with Crippen LogP contribution in [-0.2, 0) is 11.3 Å². The molecular formula is C19H21N5O4S. The van der Waals surface area contributed by atoms with Crippen molar-refractivity contribution in [3.63, 3.8) is 0 Å². The summed E-state index contributed by atoms with van der Waals surface area (Å²) in [6.45, 7) is 5.56. The van der Waals surface area contributed by atoms with Crippen molar-refractivity contribution in [2.75, 3.05) is 19.1 Å². The van der Waals surface area contributed by atoms with E-state index < -0.39 is 0 Å². The lowest BCUT2D eigenvalue weighted by Gasteiger charge is -2.06. The average molecular weight is 415 g/mol. The molecule has 1 aromatic carbocycles. The Morgan fingerprint density at radius 3 is 2.90 bits per heavy atom. The number of nitrogens with one attached hydrogen (secondary N) is 1. The molecule has 10 heteroatoms. The second kappa shape index (κ2) is 8.56. The smallest absolute Gasteiger partial charge is 0.277 e. The molecule has 1 N–H and O–H groups in total. The Kier molecular flexibility index (Phi) is 5.70. The van der Waals surface area contributed by atoms with Gasteiger partial charge >= 0.3 is 0 Å². The highest BCUT2D eigenvalue weighted by Gasteiger charge is 2.17. The normalized spacial score (nSPS) is 12.3. The number of fused-ring (bicyclic) bond motifs is 1. The van der Waals surface area contributed by atoms with Gasteiger partial charge in [0.2, 0.25) is 18.6 Å². The van der Waals surface area contributed by atoms with Crippen LogP contribution in [0.2, 0.25) is 0 Å². The second-order valence-electron chi connectivity index (χ2n) is 6.58. The molecule has 0 fully saturated rings. The van der Waals surface area contributed by atoms with Crippen molar-refractivity contribution in [3.8, 4) is 23.0 Å². The van der Waals surface area contributed by atoms with Gasteiger partial charge in [0, 0.05) is 24.3 Å². The summed E-state index contributed by atoms with van der Waals surface area (Å²) in [5, 5.41) is 15.7. The molecule has 152 valence electrons. The molecule has 0 unspecified atom stereocenters. The van der Waals surface area contributed by atoms with Crippen LogP contribution in [-0.4, -0.2) is 45.0 Å². The number of rotatable bonds is 8. The maximum Gasteiger partial charge on any atom is 0.277 e. The Balaban J connectivity index is 1.21. The van der Waals surface area contributed by atoms with Gasteiger partial charge in [0.25, 0.3) is 5.22 Å². The van der Waals surface area contributed by atoms with Crippen LogP contribution in [0.1, 0.15) is 17.8 Å². The van der Waals surface area contributed by atoms with Gasteiger partial charge in [0.05, 0.1) is 11.4 Å². The van der Waals surface area contributed by atoms with Crippen LogP contribution in [0.5, 0.6) is 11.5 Å². The van der Waals surface area contributed by atoms with E-state index in [0.717, 1.165) is 29.9 Å². The van der Waals surface area contributed by atoms with Crippen LogP contribution in [0.3, 0.4) is 0 Å². The van der Waals surface area contributed by atoms with Crippen LogP contribution >= 0.6 is 11.8 Å². The number of nitrogens with zero attached hydrogens (tertiary/aromatic N) is 4. The van der Waals surface area contributed by atoms with E-state index in [1.165, 1.54) is 11.8 Å². The minimum Gasteiger partial charge on any atom is -0.454 e. The second-order valence-corrected chi connectivity index (χ2v) is 7.51. The molecule has 3 heterocycles. The molecule has 0 bridgehead atoms. The van der Waals surface area contributed by atoms with Crippen molar-refractivity contribution in [1.29, 1.82) is 0 Å². The standard InChI is InChI=1S/C19H21N5O4S/c1-12-8-13(2)24(23-12)7-3-6-20-17(25)10-29-19-22-21-18(28-19)14-4-5-15-16(9-14)27-11-26-15/h4-5,8-9H,3,6-7,10-11H2,1-2H3,(H,20,25). The molecule has 0 saturated heterocycles. The highest BCUT2D eigenvalue weighted by atomic mass is 32.2. The number of carbonyl (C=O) groups excluding carboxylic acids is 1. The Morgan fingerprint density at radius 1 is 1.21 bits per heavy atom. The van der Waals surface area contributed by atoms with Crippen LogP contribution < -0.4 is 14.8 Å². The molecule has 1 aliphatic heterocycles. The van der Waals surface area contributed by atoms with Crippen LogP contribution in [0.25, 0.3) is 11.5 Å². The quantitative estimate of drug-likeness (QED) is 0.442. The molecule has 0 atom stereocenters. The average Bonchev–Trinajstić information content (AvgIpc) is 3.43. The third-order valence-electron chi connectivity index (χ3n) is 4.32. The Morgan fingerprint density at radius 2 is 2.07 bits per heavy atom. The summed E-state index contributed by atoms with van der Waals surface area (Å²) in [6.07, 6.45) is 0.813. The number of hydrogen-bond donors (Lipinski definition) is 1. The fourth-order valence-corrected chi connectivity index (χ4v) is 3.54. The first kappa shape index (κ1) is 19.3. The minimum absolute atomic E-state index is 0.0776. The Labute approximate surface area is 171 Å². The zero-order valence-electron chi connectivity index (χ0n) is 16.2. The van der Waals surface area contributed by atoms with E-state index >= 15 is 0 Å². The van der Waals surface area contributed by atoms with Crippen molar-refractivity contribution in [2.45, 2.75) is 32.0 Å². The topological polar surface area (TPSA) is 104 Å². The molecule has 2 aromatic heterocycles. The maximum atomic E-state index is 12.0. The summed E-state index contributed by atoms with van der Waals surface area (Å²) in [5.41, 5.74) is 2.86. The van der Waals surface area contributed by atoms with Gasteiger partial charge in [-0.15, -0.1) is 10.2 Å². The molecule has 0 aliphatic carbocycles. The zero-order valence-corrected chi connectivity index (χ0v) is 17.0. The van der Waals surface area contributed by atoms with Crippen LogP contribution in [0.4, 0.5) is 0 Å². The van der Waals surface area contributed by atoms with E-state index in [2.05, 4.69) is 20.6 Å². The largest absolute Gasteiger partial charge is 0.454 e. The molecule has 1 aliphatic rings. The summed E-state index contributed by atoms with van der Waals surface area (Å²) in [4.78, 5) is 12.0. The van der Waals surface area contributed by atoms with Crippen molar-refractivity contribution >= 4 is 17.7 Å². The van der Waals surface area contributed by atoms with Gasteiger partial charge < -0.3 is 19.2 Å². The van der Waals surface area contributed by atoms with E-state index in [0.29, 0.717) is 29.2 Å². The summed E-state index contributed by atoms with van der Waals surface area (Å²) in [6, 6.07) is 7.45. The van der Waals surface area contributed by atoms with Gasteiger partial charge in [0.1, 0.15) is 0 Å². The fraction of sp³-hybridized carbons (Fsp3) is 0.368. The van der Waals surface area contributed by atoms with Crippen molar-refractivity contribution in [2.24, 2.45) is 0 Å². The summed E-state index contributed by atoms with van der Waals surface area (Å²) < 4.78 is 18.2. The fourth-order valence-electron chi connectivity index (χ4n) is 2.95. The van der Waals surface area contributed by atoms with Gasteiger partial charge in [-0.2, -0.15) is 5.10 Å². The highest BCUT2D eigenvalue weighted by Crippen LogP contribution is 2.35. The SMILES string of the molecule is Cc1cc(C)n(CCCNC(=O)CSc2nnc(-c3ccc4c(c3)OCO4)o2)n1. The Bertz CT molecular complexity index is 1020. The number of thioether (sulfide) groups is 1. The van der Waals surface area contributed by atoms with Crippen molar-refractivity contribution in [1.82, 2.24) is 25.3 Å². The molecule has 29 heavy (non-hydrogen) atoms. The lowest BCUT2D eigenvalue weighted by Crippen LogP contribution is -2.27. The molecule has 9 nitrogen and oxygen atoms in total. The van der Waals surface area contributed by atoms with E-state index in [4.69, 9.17) is 13.9 Å². The van der Waals surface area contributed by atoms with Gasteiger partial charge in [-0.3, -0.25) is 9.48 Å². The van der Waals surface area contributed by atoms with E-state index in [1.54, 1.807) is 12.1 Å². The third-order valence-corrected chi connectivity index (χ3v) is 5.14. The molecule has 4 rings (SSSR count). The number of aryl methyl sites for hydroxylation is 3. The van der Waals surface area contributed by atoms with Gasteiger partial charge in [0.15, 0.2) is 11.5 Å². The van der Waals surface area contributed by atoms with E-state index in [9.17, 15) is 4.79 Å². The number of hydrogen-bond acceptors (Lipinski definition) is 8. The van der Waals surface area contributed by atoms with Crippen LogP contribution in [0.15, 0.2) is 33.9 Å². The predicted molar refractivity (Wildman–Crippen MR) is 106 cm³/mol. The van der Waals surface area contributed by atoms with Gasteiger partial charge in [-0.25, -0.2) is 0 Å². The number of carbonyl (C=O) groups is 1. The lowest BCUT2D eigenvalue weighted by molar-refractivity contribution is -0.118. The summed E-state index contributed by atoms with van der Waals surface area (Å²) in [5.74, 6) is 1.84. The Hall–Kier alpha value is -3.01. The minimum atomic E-state index is -0.0776. The predicted octanol–water partition coefficient (Wildman–Crippen LogP) is 2.58. The van der Waals surface area contributed by atoms with Gasteiger partial charge in [-0.05, 0) is 44.5 Å². The zero-order chi connectivity index (χ0) is 20.2. The summed E-state index contributed by atoms with van der Waals surface area (Å²) in [7, 11) is 0. The van der Waals surface area contributed by atoms with E-state index in [1.807, 2.05) is 30.7 Å². The number of ether oxygens (including phenoxy) is 2. The van der Waals surface area contributed by atoms with Crippen LogP contribution in [0, 0.1) is 13.8 Å². The maximum absolute atomic E-state index is 12.0.